The summed E-state index contributed by atoms with van der Waals surface area (Å²) in [6.45, 7) is 4.09. The summed E-state index contributed by atoms with van der Waals surface area (Å²) in [7, 11) is 1.55. The van der Waals surface area contributed by atoms with Crippen molar-refractivity contribution in [3.8, 4) is 11.5 Å². The van der Waals surface area contributed by atoms with Crippen LogP contribution in [0.3, 0.4) is 0 Å². The van der Waals surface area contributed by atoms with Gasteiger partial charge in [-0.3, -0.25) is 9.59 Å². The van der Waals surface area contributed by atoms with E-state index in [4.69, 9.17) is 13.9 Å². The summed E-state index contributed by atoms with van der Waals surface area (Å²) >= 11 is 0. The minimum atomic E-state index is -0.455. The molecule has 0 aliphatic carbocycles. The van der Waals surface area contributed by atoms with Gasteiger partial charge in [0.1, 0.15) is 29.6 Å². The lowest BCUT2D eigenvalue weighted by atomic mass is 10.2. The molecule has 1 heterocycles. The van der Waals surface area contributed by atoms with Crippen molar-refractivity contribution in [2.24, 2.45) is 0 Å². The second kappa shape index (κ2) is 10.9. The summed E-state index contributed by atoms with van der Waals surface area (Å²) < 4.78 is 16.1. The summed E-state index contributed by atoms with van der Waals surface area (Å²) in [6, 6.07) is 17.3. The molecule has 7 nitrogen and oxygen atoms in total. The van der Waals surface area contributed by atoms with Crippen molar-refractivity contribution in [2.75, 3.05) is 13.7 Å². The minimum absolute atomic E-state index is 0.0583. The van der Waals surface area contributed by atoms with Gasteiger partial charge in [-0.2, -0.15) is 0 Å². The SMILES string of the molecule is COc1ccc(C(=O)N/C(=C\c2ccco2)C(=O)NC(C)COc2ccc(C)cc2)cc1. The number of amides is 2. The summed E-state index contributed by atoms with van der Waals surface area (Å²) in [5, 5.41) is 5.50. The second-order valence-corrected chi connectivity index (χ2v) is 7.25. The molecule has 166 valence electrons. The van der Waals surface area contributed by atoms with Gasteiger partial charge in [0.2, 0.25) is 0 Å². The molecule has 0 saturated carbocycles. The third-order valence-electron chi connectivity index (χ3n) is 4.57. The molecular weight excluding hydrogens is 408 g/mol. The van der Waals surface area contributed by atoms with Crippen molar-refractivity contribution in [1.82, 2.24) is 10.6 Å². The van der Waals surface area contributed by atoms with Gasteiger partial charge in [0.05, 0.1) is 19.4 Å². The first-order chi connectivity index (χ1) is 15.4. The fraction of sp³-hybridized carbons (Fsp3) is 0.200. The summed E-state index contributed by atoms with van der Waals surface area (Å²) in [5.74, 6) is 0.907. The fourth-order valence-electron chi connectivity index (χ4n) is 2.81. The van der Waals surface area contributed by atoms with Gasteiger partial charge in [-0.1, -0.05) is 17.7 Å². The van der Waals surface area contributed by atoms with Crippen LogP contribution in [-0.2, 0) is 4.79 Å². The number of ether oxygens (including phenoxy) is 2. The van der Waals surface area contributed by atoms with Gasteiger partial charge in [-0.25, -0.2) is 0 Å². The van der Waals surface area contributed by atoms with Crippen molar-refractivity contribution in [3.63, 3.8) is 0 Å². The van der Waals surface area contributed by atoms with E-state index < -0.39 is 11.8 Å². The number of methoxy groups -OCH3 is 1. The quantitative estimate of drug-likeness (QED) is 0.498. The van der Waals surface area contributed by atoms with E-state index in [0.717, 1.165) is 11.3 Å². The van der Waals surface area contributed by atoms with E-state index in [0.29, 0.717) is 17.1 Å². The van der Waals surface area contributed by atoms with Gasteiger partial charge in [0, 0.05) is 11.6 Å². The molecule has 32 heavy (non-hydrogen) atoms. The minimum Gasteiger partial charge on any atom is -0.497 e. The van der Waals surface area contributed by atoms with Crippen LogP contribution in [0.25, 0.3) is 6.08 Å². The van der Waals surface area contributed by atoms with Crippen LogP contribution >= 0.6 is 0 Å². The third-order valence-corrected chi connectivity index (χ3v) is 4.57. The number of aryl methyl sites for hydroxylation is 1. The van der Waals surface area contributed by atoms with Crippen molar-refractivity contribution < 1.29 is 23.5 Å². The molecule has 0 aliphatic rings. The molecule has 3 aromatic rings. The normalized spacial score (nSPS) is 12.0. The molecule has 1 aromatic heterocycles. The topological polar surface area (TPSA) is 89.8 Å². The van der Waals surface area contributed by atoms with Gasteiger partial charge < -0.3 is 24.5 Å². The zero-order valence-corrected chi connectivity index (χ0v) is 18.3. The summed E-state index contributed by atoms with van der Waals surface area (Å²) in [4.78, 5) is 25.6. The van der Waals surface area contributed by atoms with Gasteiger partial charge >= 0.3 is 0 Å². The Morgan fingerprint density at radius 3 is 2.34 bits per heavy atom. The highest BCUT2D eigenvalue weighted by atomic mass is 16.5. The Bertz CT molecular complexity index is 1050. The molecule has 0 bridgehead atoms. The number of benzene rings is 2. The van der Waals surface area contributed by atoms with E-state index in [1.165, 1.54) is 12.3 Å². The standard InChI is InChI=1S/C25H26N2O5/c1-17-6-10-21(11-7-17)32-16-18(2)26-25(29)23(15-22-5-4-14-31-22)27-24(28)19-8-12-20(30-3)13-9-19/h4-15,18H,16H2,1-3H3,(H,26,29)(H,27,28)/b23-15-. The Labute approximate surface area is 187 Å². The monoisotopic (exact) mass is 434 g/mol. The van der Waals surface area contributed by atoms with Gasteiger partial charge in [-0.15, -0.1) is 0 Å². The molecule has 2 amide bonds. The molecule has 2 aromatic carbocycles. The van der Waals surface area contributed by atoms with Gasteiger partial charge in [0.15, 0.2) is 0 Å². The van der Waals surface area contributed by atoms with E-state index in [-0.39, 0.29) is 18.3 Å². The number of hydrogen-bond acceptors (Lipinski definition) is 5. The summed E-state index contributed by atoms with van der Waals surface area (Å²) in [5.41, 5.74) is 1.58. The van der Waals surface area contributed by atoms with E-state index in [1.54, 1.807) is 43.5 Å². The van der Waals surface area contributed by atoms with Gasteiger partial charge in [0.25, 0.3) is 11.8 Å². The van der Waals surface area contributed by atoms with Crippen molar-refractivity contribution >= 4 is 17.9 Å². The van der Waals surface area contributed by atoms with Crippen LogP contribution in [0.2, 0.25) is 0 Å². The molecule has 0 saturated heterocycles. The predicted octanol–water partition coefficient (Wildman–Crippen LogP) is 3.95. The summed E-state index contributed by atoms with van der Waals surface area (Å²) in [6.07, 6.45) is 2.97. The molecule has 0 fully saturated rings. The number of nitrogens with one attached hydrogen (secondary N) is 2. The molecule has 0 spiro atoms. The Kier molecular flexibility index (Phi) is 7.70. The van der Waals surface area contributed by atoms with Crippen LogP contribution in [0, 0.1) is 6.92 Å². The molecular formula is C25H26N2O5. The molecule has 1 atom stereocenters. The Morgan fingerprint density at radius 1 is 1.03 bits per heavy atom. The van der Waals surface area contributed by atoms with Crippen LogP contribution in [0.4, 0.5) is 0 Å². The van der Waals surface area contributed by atoms with Crippen LogP contribution in [-0.4, -0.2) is 31.6 Å². The first-order valence-corrected chi connectivity index (χ1v) is 10.2. The molecule has 1 unspecified atom stereocenters. The molecule has 3 rings (SSSR count). The van der Waals surface area contributed by atoms with E-state index in [2.05, 4.69) is 10.6 Å². The lowest BCUT2D eigenvalue weighted by Gasteiger charge is -2.17. The van der Waals surface area contributed by atoms with E-state index in [9.17, 15) is 9.59 Å². The van der Waals surface area contributed by atoms with Crippen LogP contribution in [0.15, 0.2) is 77.0 Å². The first-order valence-electron chi connectivity index (χ1n) is 10.2. The van der Waals surface area contributed by atoms with Crippen LogP contribution < -0.4 is 20.1 Å². The maximum atomic E-state index is 12.9. The smallest absolute Gasteiger partial charge is 0.268 e. The maximum Gasteiger partial charge on any atom is 0.268 e. The van der Waals surface area contributed by atoms with E-state index >= 15 is 0 Å². The Morgan fingerprint density at radius 2 is 1.72 bits per heavy atom. The molecule has 0 aliphatic heterocycles. The van der Waals surface area contributed by atoms with Crippen molar-refractivity contribution in [1.29, 1.82) is 0 Å². The zero-order valence-electron chi connectivity index (χ0n) is 18.3. The number of carbonyl (C=O) groups is 2. The highest BCUT2D eigenvalue weighted by Crippen LogP contribution is 2.14. The fourth-order valence-corrected chi connectivity index (χ4v) is 2.81. The molecule has 7 heteroatoms. The van der Waals surface area contributed by atoms with Crippen LogP contribution in [0.1, 0.15) is 28.6 Å². The average molecular weight is 434 g/mol. The predicted molar refractivity (Wildman–Crippen MR) is 121 cm³/mol. The van der Waals surface area contributed by atoms with Crippen molar-refractivity contribution in [3.05, 3.63) is 89.5 Å². The highest BCUT2D eigenvalue weighted by Gasteiger charge is 2.17. The Balaban J connectivity index is 1.66. The zero-order chi connectivity index (χ0) is 22.9. The lowest BCUT2D eigenvalue weighted by molar-refractivity contribution is -0.118. The van der Waals surface area contributed by atoms with Crippen molar-refractivity contribution in [2.45, 2.75) is 19.9 Å². The number of furan rings is 1. The number of hydrogen-bond donors (Lipinski definition) is 2. The lowest BCUT2D eigenvalue weighted by Crippen LogP contribution is -2.41. The third kappa shape index (κ3) is 6.50. The Hall–Kier alpha value is -4.00. The van der Waals surface area contributed by atoms with E-state index in [1.807, 2.05) is 38.1 Å². The molecule has 2 N–H and O–H groups in total. The number of rotatable bonds is 9. The first kappa shape index (κ1) is 22.7. The number of carbonyl (C=O) groups excluding carboxylic acids is 2. The second-order valence-electron chi connectivity index (χ2n) is 7.25. The van der Waals surface area contributed by atoms with Gasteiger partial charge in [-0.05, 0) is 62.4 Å². The maximum absolute atomic E-state index is 12.9. The highest BCUT2D eigenvalue weighted by molar-refractivity contribution is 6.05. The van der Waals surface area contributed by atoms with Crippen LogP contribution in [0.5, 0.6) is 11.5 Å². The molecule has 0 radical (unpaired) electrons. The largest absolute Gasteiger partial charge is 0.497 e. The average Bonchev–Trinajstić information content (AvgIpc) is 3.31.